The molecule has 5 heteroatoms. The molecule has 1 atom stereocenters. The average Bonchev–Trinajstić information content (AvgIpc) is 2.42. The van der Waals surface area contributed by atoms with Crippen molar-refractivity contribution in [3.8, 4) is 0 Å². The van der Waals surface area contributed by atoms with E-state index in [0.717, 1.165) is 24.2 Å². The molecular weight excluding hydrogens is 244 g/mol. The van der Waals surface area contributed by atoms with Crippen molar-refractivity contribution in [3.05, 3.63) is 29.8 Å². The van der Waals surface area contributed by atoms with Crippen LogP contribution in [0.15, 0.2) is 24.3 Å². The smallest absolute Gasteiger partial charge is 0.303 e. The lowest BCUT2D eigenvalue weighted by Crippen LogP contribution is -2.33. The van der Waals surface area contributed by atoms with Gasteiger partial charge >= 0.3 is 5.97 Å². The lowest BCUT2D eigenvalue weighted by atomic mass is 9.90. The summed E-state index contributed by atoms with van der Waals surface area (Å²) in [6, 6.07) is 7.80. The Labute approximate surface area is 112 Å². The molecular formula is C14H18N2O3. The van der Waals surface area contributed by atoms with Gasteiger partial charge in [0.05, 0.1) is 5.92 Å². The molecule has 0 fully saturated rings. The molecule has 0 bridgehead atoms. The number of amides is 1. The first-order chi connectivity index (χ1) is 9.18. The van der Waals surface area contributed by atoms with Crippen molar-refractivity contribution in [1.29, 1.82) is 0 Å². The molecule has 0 aromatic heterocycles. The van der Waals surface area contributed by atoms with E-state index in [1.54, 1.807) is 0 Å². The fourth-order valence-electron chi connectivity index (χ4n) is 2.32. The Balaban J connectivity index is 1.92. The van der Waals surface area contributed by atoms with Gasteiger partial charge in [0.15, 0.2) is 0 Å². The SMILES string of the molecule is O=C(O)CCCNC(=O)C1CCNc2ccccc21. The third-order valence-corrected chi connectivity index (χ3v) is 3.27. The number of para-hydroxylation sites is 1. The molecule has 0 radical (unpaired) electrons. The van der Waals surface area contributed by atoms with E-state index in [1.165, 1.54) is 0 Å². The lowest BCUT2D eigenvalue weighted by molar-refractivity contribution is -0.137. The van der Waals surface area contributed by atoms with Gasteiger partial charge in [0.1, 0.15) is 0 Å². The second kappa shape index (κ2) is 6.22. The van der Waals surface area contributed by atoms with E-state index in [9.17, 15) is 9.59 Å². The fraction of sp³-hybridized carbons (Fsp3) is 0.429. The van der Waals surface area contributed by atoms with Gasteiger partial charge < -0.3 is 15.7 Å². The first kappa shape index (κ1) is 13.4. The maximum absolute atomic E-state index is 12.1. The van der Waals surface area contributed by atoms with Crippen LogP contribution in [0.4, 0.5) is 5.69 Å². The number of carboxylic acid groups (broad SMARTS) is 1. The van der Waals surface area contributed by atoms with Crippen LogP contribution in [0.25, 0.3) is 0 Å². The highest BCUT2D eigenvalue weighted by Crippen LogP contribution is 2.31. The van der Waals surface area contributed by atoms with Crippen LogP contribution in [0.5, 0.6) is 0 Å². The van der Waals surface area contributed by atoms with E-state index in [4.69, 9.17) is 5.11 Å². The zero-order valence-electron chi connectivity index (χ0n) is 10.7. The molecule has 1 aliphatic heterocycles. The predicted octanol–water partition coefficient (Wildman–Crippen LogP) is 1.57. The van der Waals surface area contributed by atoms with Crippen LogP contribution >= 0.6 is 0 Å². The number of carbonyl (C=O) groups excluding carboxylic acids is 1. The van der Waals surface area contributed by atoms with Crippen molar-refractivity contribution in [3.63, 3.8) is 0 Å². The van der Waals surface area contributed by atoms with Gasteiger partial charge in [0.25, 0.3) is 0 Å². The zero-order valence-corrected chi connectivity index (χ0v) is 10.7. The van der Waals surface area contributed by atoms with Crippen molar-refractivity contribution >= 4 is 17.6 Å². The minimum atomic E-state index is -0.832. The highest BCUT2D eigenvalue weighted by molar-refractivity contribution is 5.86. The highest BCUT2D eigenvalue weighted by atomic mass is 16.4. The van der Waals surface area contributed by atoms with Crippen LogP contribution in [0.3, 0.4) is 0 Å². The van der Waals surface area contributed by atoms with E-state index >= 15 is 0 Å². The molecule has 1 aromatic carbocycles. The highest BCUT2D eigenvalue weighted by Gasteiger charge is 2.25. The minimum absolute atomic E-state index is 0.0145. The van der Waals surface area contributed by atoms with Crippen LogP contribution in [0, 0.1) is 0 Å². The Kier molecular flexibility index (Phi) is 4.39. The molecule has 1 unspecified atom stereocenters. The van der Waals surface area contributed by atoms with Gasteiger partial charge in [-0.3, -0.25) is 9.59 Å². The van der Waals surface area contributed by atoms with Gasteiger partial charge in [-0.2, -0.15) is 0 Å². The average molecular weight is 262 g/mol. The lowest BCUT2D eigenvalue weighted by Gasteiger charge is -2.25. The van der Waals surface area contributed by atoms with Gasteiger partial charge in [0.2, 0.25) is 5.91 Å². The third-order valence-electron chi connectivity index (χ3n) is 3.27. The summed E-state index contributed by atoms with van der Waals surface area (Å²) < 4.78 is 0. The molecule has 19 heavy (non-hydrogen) atoms. The quantitative estimate of drug-likeness (QED) is 0.704. The molecule has 1 amide bonds. The summed E-state index contributed by atoms with van der Waals surface area (Å²) in [5, 5.41) is 14.6. The van der Waals surface area contributed by atoms with E-state index in [1.807, 2.05) is 24.3 Å². The second-order valence-corrected chi connectivity index (χ2v) is 4.64. The zero-order chi connectivity index (χ0) is 13.7. The predicted molar refractivity (Wildman–Crippen MR) is 72.2 cm³/mol. The maximum atomic E-state index is 12.1. The fourth-order valence-corrected chi connectivity index (χ4v) is 2.32. The molecule has 1 aliphatic rings. The number of hydrogen-bond acceptors (Lipinski definition) is 3. The summed E-state index contributed by atoms with van der Waals surface area (Å²) in [7, 11) is 0. The number of fused-ring (bicyclic) bond motifs is 1. The molecule has 102 valence electrons. The van der Waals surface area contributed by atoms with E-state index in [0.29, 0.717) is 13.0 Å². The number of carboxylic acids is 1. The van der Waals surface area contributed by atoms with Gasteiger partial charge in [-0.15, -0.1) is 0 Å². The minimum Gasteiger partial charge on any atom is -0.481 e. The summed E-state index contributed by atoms with van der Waals surface area (Å²) in [4.78, 5) is 22.5. The van der Waals surface area contributed by atoms with Crippen molar-refractivity contribution in [1.82, 2.24) is 5.32 Å². The van der Waals surface area contributed by atoms with Crippen LogP contribution in [0.1, 0.15) is 30.7 Å². The topological polar surface area (TPSA) is 78.4 Å². The normalized spacial score (nSPS) is 17.2. The standard InChI is InChI=1S/C14H18N2O3/c17-13(18)6-3-8-16-14(19)11-7-9-15-12-5-2-1-4-10(11)12/h1-2,4-5,11,15H,3,6-9H2,(H,16,19)(H,17,18). The molecule has 0 aliphatic carbocycles. The summed E-state index contributed by atoms with van der Waals surface area (Å²) in [5.41, 5.74) is 2.03. The maximum Gasteiger partial charge on any atom is 0.303 e. The van der Waals surface area contributed by atoms with E-state index < -0.39 is 5.97 Å². The van der Waals surface area contributed by atoms with Crippen molar-refractivity contribution in [2.75, 3.05) is 18.4 Å². The van der Waals surface area contributed by atoms with Gasteiger partial charge in [-0.25, -0.2) is 0 Å². The van der Waals surface area contributed by atoms with Gasteiger partial charge in [0, 0.05) is 25.2 Å². The number of benzene rings is 1. The Morgan fingerprint density at radius 1 is 1.37 bits per heavy atom. The van der Waals surface area contributed by atoms with Crippen LogP contribution in [-0.2, 0) is 9.59 Å². The van der Waals surface area contributed by atoms with E-state index in [-0.39, 0.29) is 18.2 Å². The van der Waals surface area contributed by atoms with Crippen LogP contribution in [0.2, 0.25) is 0 Å². The van der Waals surface area contributed by atoms with Gasteiger partial charge in [-0.1, -0.05) is 18.2 Å². The van der Waals surface area contributed by atoms with Crippen molar-refractivity contribution in [2.45, 2.75) is 25.2 Å². The van der Waals surface area contributed by atoms with Crippen molar-refractivity contribution in [2.24, 2.45) is 0 Å². The summed E-state index contributed by atoms with van der Waals surface area (Å²) in [6.45, 7) is 1.20. The molecule has 5 nitrogen and oxygen atoms in total. The first-order valence-electron chi connectivity index (χ1n) is 6.51. The van der Waals surface area contributed by atoms with Gasteiger partial charge in [-0.05, 0) is 24.5 Å². The largest absolute Gasteiger partial charge is 0.481 e. The van der Waals surface area contributed by atoms with E-state index in [2.05, 4.69) is 10.6 Å². The molecule has 0 saturated carbocycles. The molecule has 3 N–H and O–H groups in total. The Hall–Kier alpha value is -2.04. The monoisotopic (exact) mass is 262 g/mol. The Bertz CT molecular complexity index is 474. The Morgan fingerprint density at radius 3 is 2.95 bits per heavy atom. The number of anilines is 1. The van der Waals surface area contributed by atoms with Crippen molar-refractivity contribution < 1.29 is 14.7 Å². The number of aliphatic carboxylic acids is 1. The molecule has 2 rings (SSSR count). The molecule has 1 aromatic rings. The molecule has 1 heterocycles. The number of nitrogens with one attached hydrogen (secondary N) is 2. The summed E-state index contributed by atoms with van der Waals surface area (Å²) >= 11 is 0. The second-order valence-electron chi connectivity index (χ2n) is 4.64. The molecule has 0 saturated heterocycles. The number of hydrogen-bond donors (Lipinski definition) is 3. The molecule has 0 spiro atoms. The van der Waals surface area contributed by atoms with Crippen LogP contribution < -0.4 is 10.6 Å². The number of rotatable bonds is 5. The Morgan fingerprint density at radius 2 is 2.16 bits per heavy atom. The first-order valence-corrected chi connectivity index (χ1v) is 6.51. The summed E-state index contributed by atoms with van der Waals surface area (Å²) in [5.74, 6) is -0.983. The third kappa shape index (κ3) is 3.47. The number of carbonyl (C=O) groups is 2. The summed E-state index contributed by atoms with van der Waals surface area (Å²) in [6.07, 6.45) is 1.32. The van der Waals surface area contributed by atoms with Crippen LogP contribution in [-0.4, -0.2) is 30.1 Å².